The fourth-order valence-electron chi connectivity index (χ4n) is 0.688. The second-order valence-corrected chi connectivity index (χ2v) is 1.80. The van der Waals surface area contributed by atoms with E-state index in [1.54, 1.807) is 12.4 Å². The van der Waals surface area contributed by atoms with Gasteiger partial charge in [0.05, 0.1) is 13.7 Å². The van der Waals surface area contributed by atoms with Crippen molar-refractivity contribution in [2.75, 3.05) is 13.7 Å². The zero-order chi connectivity index (χ0) is 8.10. The molecule has 0 saturated heterocycles. The van der Waals surface area contributed by atoms with Gasteiger partial charge in [-0.2, -0.15) is 0 Å². The molecule has 0 aliphatic heterocycles. The van der Waals surface area contributed by atoms with E-state index in [1.165, 1.54) is 7.11 Å². The number of hydrogen-bond donors (Lipinski definition) is 0. The zero-order valence-corrected chi connectivity index (χ0v) is 6.57. The van der Waals surface area contributed by atoms with Crippen molar-refractivity contribution >= 4 is 0 Å². The van der Waals surface area contributed by atoms with E-state index >= 15 is 0 Å². The molecule has 0 N–H and O–H groups in total. The Morgan fingerprint density at radius 1 is 1.27 bits per heavy atom. The number of methoxy groups -OCH3 is 1. The SMILES string of the molecule is CCOc1nccnc1OC. The number of aromatic nitrogens is 2. The molecule has 4 heteroatoms. The van der Waals surface area contributed by atoms with E-state index < -0.39 is 0 Å². The summed E-state index contributed by atoms with van der Waals surface area (Å²) in [4.78, 5) is 7.84. The van der Waals surface area contributed by atoms with E-state index in [4.69, 9.17) is 9.47 Å². The van der Waals surface area contributed by atoms with Crippen molar-refractivity contribution in [1.29, 1.82) is 0 Å². The average Bonchev–Trinajstić information content (AvgIpc) is 2.06. The van der Waals surface area contributed by atoms with Gasteiger partial charge in [-0.15, -0.1) is 0 Å². The number of nitrogens with zero attached hydrogens (tertiary/aromatic N) is 2. The highest BCUT2D eigenvalue weighted by molar-refractivity contribution is 5.23. The second kappa shape index (κ2) is 3.75. The molecule has 0 aliphatic rings. The van der Waals surface area contributed by atoms with Crippen LogP contribution in [0.1, 0.15) is 6.92 Å². The van der Waals surface area contributed by atoms with Gasteiger partial charge >= 0.3 is 0 Å². The fraction of sp³-hybridized carbons (Fsp3) is 0.429. The Balaban J connectivity index is 2.83. The molecule has 0 amide bonds. The first-order valence-electron chi connectivity index (χ1n) is 3.36. The molecule has 0 atom stereocenters. The van der Waals surface area contributed by atoms with Crippen LogP contribution < -0.4 is 9.47 Å². The zero-order valence-electron chi connectivity index (χ0n) is 6.57. The molecule has 4 nitrogen and oxygen atoms in total. The van der Waals surface area contributed by atoms with Gasteiger partial charge in [0.25, 0.3) is 11.8 Å². The third-order valence-electron chi connectivity index (χ3n) is 1.11. The van der Waals surface area contributed by atoms with Crippen LogP contribution >= 0.6 is 0 Å². The molecule has 0 aromatic carbocycles. The van der Waals surface area contributed by atoms with Gasteiger partial charge < -0.3 is 9.47 Å². The number of hydrogen-bond acceptors (Lipinski definition) is 4. The summed E-state index contributed by atoms with van der Waals surface area (Å²) in [5.74, 6) is 0.867. The molecule has 1 rings (SSSR count). The molecule has 60 valence electrons. The van der Waals surface area contributed by atoms with Crippen LogP contribution in [0.3, 0.4) is 0 Å². The molecule has 11 heavy (non-hydrogen) atoms. The van der Waals surface area contributed by atoms with Gasteiger partial charge in [-0.05, 0) is 6.92 Å². The van der Waals surface area contributed by atoms with Crippen molar-refractivity contribution in [3.05, 3.63) is 12.4 Å². The highest BCUT2D eigenvalue weighted by Crippen LogP contribution is 2.18. The summed E-state index contributed by atoms with van der Waals surface area (Å²) in [6.07, 6.45) is 3.12. The van der Waals surface area contributed by atoms with Crippen LogP contribution in [0.15, 0.2) is 12.4 Å². The van der Waals surface area contributed by atoms with Gasteiger partial charge in [0, 0.05) is 12.4 Å². The van der Waals surface area contributed by atoms with Crippen LogP contribution in [0.5, 0.6) is 11.8 Å². The first kappa shape index (κ1) is 7.78. The van der Waals surface area contributed by atoms with Gasteiger partial charge in [-0.1, -0.05) is 0 Å². The Morgan fingerprint density at radius 2 is 1.91 bits per heavy atom. The normalized spacial score (nSPS) is 9.27. The van der Waals surface area contributed by atoms with Crippen LogP contribution in [0, 0.1) is 0 Å². The van der Waals surface area contributed by atoms with E-state index in [9.17, 15) is 0 Å². The van der Waals surface area contributed by atoms with Crippen LogP contribution in [-0.2, 0) is 0 Å². The molecule has 0 unspecified atom stereocenters. The lowest BCUT2D eigenvalue weighted by molar-refractivity contribution is 0.291. The molecule has 1 aromatic heterocycles. The second-order valence-electron chi connectivity index (χ2n) is 1.80. The van der Waals surface area contributed by atoms with Gasteiger partial charge in [0.2, 0.25) is 0 Å². The molecule has 1 aromatic rings. The first-order chi connectivity index (χ1) is 5.38. The summed E-state index contributed by atoms with van der Waals surface area (Å²) in [7, 11) is 1.53. The summed E-state index contributed by atoms with van der Waals surface area (Å²) in [5.41, 5.74) is 0. The Labute approximate surface area is 65.2 Å². The van der Waals surface area contributed by atoms with Gasteiger partial charge in [-0.3, -0.25) is 0 Å². The van der Waals surface area contributed by atoms with Crippen LogP contribution in [0.2, 0.25) is 0 Å². The third kappa shape index (κ3) is 1.80. The molecule has 0 fully saturated rings. The minimum absolute atomic E-state index is 0.425. The maximum Gasteiger partial charge on any atom is 0.278 e. The molecule has 0 bridgehead atoms. The largest absolute Gasteiger partial charge is 0.477 e. The van der Waals surface area contributed by atoms with Crippen molar-refractivity contribution in [1.82, 2.24) is 9.97 Å². The van der Waals surface area contributed by atoms with E-state index in [2.05, 4.69) is 9.97 Å². The summed E-state index contributed by atoms with van der Waals surface area (Å²) >= 11 is 0. The molecule has 0 aliphatic carbocycles. The van der Waals surface area contributed by atoms with Crippen molar-refractivity contribution < 1.29 is 9.47 Å². The molecular weight excluding hydrogens is 144 g/mol. The minimum Gasteiger partial charge on any atom is -0.477 e. The quantitative estimate of drug-likeness (QED) is 0.648. The summed E-state index contributed by atoms with van der Waals surface area (Å²) in [5, 5.41) is 0. The highest BCUT2D eigenvalue weighted by atomic mass is 16.5. The van der Waals surface area contributed by atoms with Crippen LogP contribution in [0.25, 0.3) is 0 Å². The summed E-state index contributed by atoms with van der Waals surface area (Å²) < 4.78 is 10.0. The van der Waals surface area contributed by atoms with Crippen molar-refractivity contribution in [2.45, 2.75) is 6.92 Å². The van der Waals surface area contributed by atoms with Crippen LogP contribution in [0.4, 0.5) is 0 Å². The summed E-state index contributed by atoms with van der Waals surface area (Å²) in [6, 6.07) is 0. The lowest BCUT2D eigenvalue weighted by Crippen LogP contribution is -1.98. The number of ether oxygens (including phenoxy) is 2. The molecular formula is C7H10N2O2. The summed E-state index contributed by atoms with van der Waals surface area (Å²) in [6.45, 7) is 2.45. The smallest absolute Gasteiger partial charge is 0.278 e. The van der Waals surface area contributed by atoms with Crippen molar-refractivity contribution in [3.63, 3.8) is 0 Å². The van der Waals surface area contributed by atoms with Gasteiger partial charge in [0.1, 0.15) is 0 Å². The highest BCUT2D eigenvalue weighted by Gasteiger charge is 2.03. The van der Waals surface area contributed by atoms with Gasteiger partial charge in [-0.25, -0.2) is 9.97 Å². The fourth-order valence-corrected chi connectivity index (χ4v) is 0.688. The van der Waals surface area contributed by atoms with E-state index in [0.29, 0.717) is 18.4 Å². The minimum atomic E-state index is 0.425. The lowest BCUT2D eigenvalue weighted by atomic mass is 10.6. The van der Waals surface area contributed by atoms with Crippen molar-refractivity contribution in [2.24, 2.45) is 0 Å². The maximum atomic E-state index is 5.13. The van der Waals surface area contributed by atoms with E-state index in [0.717, 1.165) is 0 Å². The van der Waals surface area contributed by atoms with Crippen LogP contribution in [-0.4, -0.2) is 23.7 Å². The average molecular weight is 154 g/mol. The van der Waals surface area contributed by atoms with E-state index in [1.807, 2.05) is 6.92 Å². The topological polar surface area (TPSA) is 44.2 Å². The lowest BCUT2D eigenvalue weighted by Gasteiger charge is -2.04. The molecule has 0 radical (unpaired) electrons. The molecule has 0 spiro atoms. The molecule has 0 saturated carbocycles. The first-order valence-corrected chi connectivity index (χ1v) is 3.36. The molecule has 1 heterocycles. The predicted molar refractivity (Wildman–Crippen MR) is 39.8 cm³/mol. The number of rotatable bonds is 3. The Kier molecular flexibility index (Phi) is 2.66. The monoisotopic (exact) mass is 154 g/mol. The standard InChI is InChI=1S/C7H10N2O2/c1-3-11-7-6(10-2)8-4-5-9-7/h4-5H,3H2,1-2H3. The van der Waals surface area contributed by atoms with E-state index in [-0.39, 0.29) is 0 Å². The Bertz CT molecular complexity index is 227. The van der Waals surface area contributed by atoms with Crippen molar-refractivity contribution in [3.8, 4) is 11.8 Å². The van der Waals surface area contributed by atoms with Gasteiger partial charge in [0.15, 0.2) is 0 Å². The Hall–Kier alpha value is -1.32. The predicted octanol–water partition coefficient (Wildman–Crippen LogP) is 0.884. The Morgan fingerprint density at radius 3 is 2.45 bits per heavy atom. The maximum absolute atomic E-state index is 5.13. The third-order valence-corrected chi connectivity index (χ3v) is 1.11.